The predicted octanol–water partition coefficient (Wildman–Crippen LogP) is 2.40. The molecule has 0 aliphatic heterocycles. The Balaban J connectivity index is 2.25. The van der Waals surface area contributed by atoms with Gasteiger partial charge in [-0.3, -0.25) is 9.59 Å². The highest BCUT2D eigenvalue weighted by Crippen LogP contribution is 2.15. The number of amides is 1. The third-order valence-corrected chi connectivity index (χ3v) is 2.91. The second-order valence-corrected chi connectivity index (χ2v) is 4.66. The highest BCUT2D eigenvalue weighted by molar-refractivity contribution is 9.10. The fourth-order valence-corrected chi connectivity index (χ4v) is 1.85. The molecule has 0 aliphatic rings. The lowest BCUT2D eigenvalue weighted by Gasteiger charge is -2.06. The monoisotopic (exact) mass is 322 g/mol. The first kappa shape index (κ1) is 13.4. The summed E-state index contributed by atoms with van der Waals surface area (Å²) < 4.78 is 5.72. The molecule has 1 heterocycles. The number of H-pyrrole nitrogens is 1. The second-order valence-electron chi connectivity index (χ2n) is 3.75. The van der Waals surface area contributed by atoms with Crippen LogP contribution in [-0.2, 0) is 0 Å². The number of methoxy groups -OCH3 is 1. The molecule has 0 fully saturated rings. The van der Waals surface area contributed by atoms with E-state index in [4.69, 9.17) is 4.74 Å². The Kier molecular flexibility index (Phi) is 4.01. The first-order chi connectivity index (χ1) is 9.10. The molecule has 19 heavy (non-hydrogen) atoms. The number of nitrogens with one attached hydrogen (secondary N) is 2. The molecule has 0 saturated heterocycles. The van der Waals surface area contributed by atoms with Crippen molar-refractivity contribution in [1.82, 2.24) is 4.98 Å². The number of ether oxygens (including phenoxy) is 1. The zero-order valence-corrected chi connectivity index (χ0v) is 11.7. The average molecular weight is 323 g/mol. The third-order valence-electron chi connectivity index (χ3n) is 2.45. The molecule has 5 nitrogen and oxygen atoms in total. The Hall–Kier alpha value is -2.08. The molecule has 1 aromatic carbocycles. The van der Waals surface area contributed by atoms with E-state index in [9.17, 15) is 9.59 Å². The van der Waals surface area contributed by atoms with E-state index in [0.717, 1.165) is 0 Å². The van der Waals surface area contributed by atoms with Crippen LogP contribution in [0.4, 0.5) is 5.69 Å². The second kappa shape index (κ2) is 5.71. The molecule has 2 aromatic rings. The van der Waals surface area contributed by atoms with Crippen LogP contribution in [0.3, 0.4) is 0 Å². The van der Waals surface area contributed by atoms with Crippen molar-refractivity contribution < 1.29 is 9.53 Å². The summed E-state index contributed by atoms with van der Waals surface area (Å²) in [7, 11) is 1.52. The summed E-state index contributed by atoms with van der Waals surface area (Å²) in [6.45, 7) is 0. The summed E-state index contributed by atoms with van der Waals surface area (Å²) in [5.74, 6) is 0.207. The highest BCUT2D eigenvalue weighted by Gasteiger charge is 2.09. The van der Waals surface area contributed by atoms with Gasteiger partial charge in [-0.2, -0.15) is 0 Å². The van der Waals surface area contributed by atoms with Gasteiger partial charge in [-0.25, -0.2) is 0 Å². The number of aromatic amines is 1. The van der Waals surface area contributed by atoms with Crippen LogP contribution < -0.4 is 15.6 Å². The van der Waals surface area contributed by atoms with Gasteiger partial charge in [0, 0.05) is 16.2 Å². The molecule has 0 aliphatic carbocycles. The molecule has 0 radical (unpaired) electrons. The van der Waals surface area contributed by atoms with Crippen LogP contribution in [0.5, 0.6) is 5.75 Å². The number of hydrogen-bond acceptors (Lipinski definition) is 3. The lowest BCUT2D eigenvalue weighted by atomic mass is 10.2. The van der Waals surface area contributed by atoms with Gasteiger partial charge in [0.25, 0.3) is 11.5 Å². The molecule has 0 saturated carbocycles. The van der Waals surface area contributed by atoms with Crippen molar-refractivity contribution in [3.63, 3.8) is 0 Å². The smallest absolute Gasteiger partial charge is 0.271 e. The van der Waals surface area contributed by atoms with Crippen LogP contribution in [0.2, 0.25) is 0 Å². The van der Waals surface area contributed by atoms with Gasteiger partial charge in [0.1, 0.15) is 11.4 Å². The van der Waals surface area contributed by atoms with E-state index in [-0.39, 0.29) is 17.2 Å². The average Bonchev–Trinajstić information content (AvgIpc) is 2.43. The minimum atomic E-state index is -0.373. The van der Waals surface area contributed by atoms with Crippen molar-refractivity contribution in [3.05, 3.63) is 56.9 Å². The van der Waals surface area contributed by atoms with Crippen LogP contribution in [0.1, 0.15) is 10.4 Å². The van der Waals surface area contributed by atoms with Gasteiger partial charge in [-0.1, -0.05) is 6.07 Å². The Labute approximate surface area is 117 Å². The van der Waals surface area contributed by atoms with Crippen LogP contribution in [0.25, 0.3) is 0 Å². The minimum Gasteiger partial charge on any atom is -0.497 e. The fraction of sp³-hybridized carbons (Fsp3) is 0.0769. The number of anilines is 1. The minimum absolute atomic E-state index is 0.183. The number of aromatic nitrogens is 1. The van der Waals surface area contributed by atoms with Crippen LogP contribution in [0, 0.1) is 0 Å². The van der Waals surface area contributed by atoms with Crippen molar-refractivity contribution in [2.24, 2.45) is 0 Å². The largest absolute Gasteiger partial charge is 0.497 e. The number of benzene rings is 1. The molecular weight excluding hydrogens is 312 g/mol. The Morgan fingerprint density at radius 1 is 1.37 bits per heavy atom. The number of rotatable bonds is 3. The number of hydrogen-bond donors (Lipinski definition) is 2. The standard InChI is InChI=1S/C13H11BrN2O3/c1-19-10-4-2-3-8(5-10)12(17)16-11-6-9(14)7-15-13(11)18/h2-7H,1H3,(H,15,18)(H,16,17). The van der Waals surface area contributed by atoms with Crippen LogP contribution in [-0.4, -0.2) is 18.0 Å². The molecule has 0 spiro atoms. The molecule has 98 valence electrons. The van der Waals surface area contributed by atoms with Crippen molar-refractivity contribution in [2.75, 3.05) is 12.4 Å². The number of halogens is 1. The van der Waals surface area contributed by atoms with E-state index in [1.807, 2.05) is 0 Å². The lowest BCUT2D eigenvalue weighted by molar-refractivity contribution is 0.102. The lowest BCUT2D eigenvalue weighted by Crippen LogP contribution is -2.19. The Morgan fingerprint density at radius 2 is 2.16 bits per heavy atom. The topological polar surface area (TPSA) is 71.2 Å². The van der Waals surface area contributed by atoms with Gasteiger partial charge >= 0.3 is 0 Å². The van der Waals surface area contributed by atoms with Gasteiger partial charge in [0.05, 0.1) is 7.11 Å². The van der Waals surface area contributed by atoms with Gasteiger partial charge in [-0.15, -0.1) is 0 Å². The SMILES string of the molecule is COc1cccc(C(=O)Nc2cc(Br)c[nH]c2=O)c1. The third kappa shape index (κ3) is 3.23. The molecule has 2 rings (SSSR count). The first-order valence-corrected chi connectivity index (χ1v) is 6.23. The molecule has 2 N–H and O–H groups in total. The normalized spacial score (nSPS) is 10.0. The summed E-state index contributed by atoms with van der Waals surface area (Å²) >= 11 is 3.22. The van der Waals surface area contributed by atoms with E-state index in [1.165, 1.54) is 19.4 Å². The van der Waals surface area contributed by atoms with Crippen molar-refractivity contribution >= 4 is 27.5 Å². The summed E-state index contributed by atoms with van der Waals surface area (Å²) in [6.07, 6.45) is 1.50. The number of pyridine rings is 1. The van der Waals surface area contributed by atoms with E-state index < -0.39 is 0 Å². The van der Waals surface area contributed by atoms with Gasteiger partial charge in [-0.05, 0) is 40.2 Å². The zero-order chi connectivity index (χ0) is 13.8. The number of carbonyl (C=O) groups excluding carboxylic acids is 1. The Bertz CT molecular complexity index is 667. The molecule has 1 aromatic heterocycles. The highest BCUT2D eigenvalue weighted by atomic mass is 79.9. The summed E-state index contributed by atoms with van der Waals surface area (Å²) in [6, 6.07) is 8.23. The van der Waals surface area contributed by atoms with E-state index in [0.29, 0.717) is 15.8 Å². The van der Waals surface area contributed by atoms with E-state index in [1.54, 1.807) is 24.3 Å². The van der Waals surface area contributed by atoms with Gasteiger partial charge in [0.2, 0.25) is 0 Å². The van der Waals surface area contributed by atoms with Crippen molar-refractivity contribution in [2.45, 2.75) is 0 Å². The summed E-state index contributed by atoms with van der Waals surface area (Å²) in [4.78, 5) is 26.1. The van der Waals surface area contributed by atoms with Crippen molar-refractivity contribution in [1.29, 1.82) is 0 Å². The summed E-state index contributed by atoms with van der Waals surface area (Å²) in [5.41, 5.74) is 0.236. The molecule has 6 heteroatoms. The molecule has 0 atom stereocenters. The quantitative estimate of drug-likeness (QED) is 0.911. The Morgan fingerprint density at radius 3 is 2.89 bits per heavy atom. The first-order valence-electron chi connectivity index (χ1n) is 5.44. The van der Waals surface area contributed by atoms with Gasteiger partial charge < -0.3 is 15.0 Å². The van der Waals surface area contributed by atoms with E-state index in [2.05, 4.69) is 26.2 Å². The molecule has 0 bridgehead atoms. The number of carbonyl (C=O) groups is 1. The zero-order valence-electron chi connectivity index (χ0n) is 10.1. The molecule has 0 unspecified atom stereocenters. The van der Waals surface area contributed by atoms with Crippen LogP contribution >= 0.6 is 15.9 Å². The maximum absolute atomic E-state index is 12.0. The maximum Gasteiger partial charge on any atom is 0.271 e. The fourth-order valence-electron chi connectivity index (χ4n) is 1.51. The molecular formula is C13H11BrN2O3. The van der Waals surface area contributed by atoms with E-state index >= 15 is 0 Å². The molecule has 1 amide bonds. The van der Waals surface area contributed by atoms with Crippen molar-refractivity contribution in [3.8, 4) is 5.75 Å². The maximum atomic E-state index is 12.0. The van der Waals surface area contributed by atoms with Crippen LogP contribution in [0.15, 0.2) is 45.8 Å². The van der Waals surface area contributed by atoms with Gasteiger partial charge in [0.15, 0.2) is 0 Å². The summed E-state index contributed by atoms with van der Waals surface area (Å²) in [5, 5.41) is 2.55. The predicted molar refractivity (Wildman–Crippen MR) is 75.7 cm³/mol.